The van der Waals surface area contributed by atoms with Crippen molar-refractivity contribution in [3.63, 3.8) is 0 Å². The van der Waals surface area contributed by atoms with E-state index in [1.54, 1.807) is 48.8 Å². The van der Waals surface area contributed by atoms with E-state index in [9.17, 15) is 13.2 Å². The van der Waals surface area contributed by atoms with Gasteiger partial charge in [-0.15, -0.1) is 0 Å². The fourth-order valence-corrected chi connectivity index (χ4v) is 4.88. The van der Waals surface area contributed by atoms with Gasteiger partial charge in [-0.2, -0.15) is 0 Å². The number of rotatable bonds is 6. The SMILES string of the molecule is Cc1cc(C)c(C)c(S(=O)(=O)NCc2ccc(C(=O)Nc3cccnc3)cc2)c1C. The molecule has 0 bridgehead atoms. The molecule has 3 aromatic rings. The first-order chi connectivity index (χ1) is 14.2. The van der Waals surface area contributed by atoms with Crippen molar-refractivity contribution in [2.24, 2.45) is 0 Å². The zero-order chi connectivity index (χ0) is 21.9. The maximum absolute atomic E-state index is 12.9. The minimum atomic E-state index is -3.67. The Labute approximate surface area is 177 Å². The van der Waals surface area contributed by atoms with Gasteiger partial charge in [-0.05, 0) is 79.8 Å². The van der Waals surface area contributed by atoms with Crippen molar-refractivity contribution < 1.29 is 13.2 Å². The van der Waals surface area contributed by atoms with Crippen LogP contribution in [0.3, 0.4) is 0 Å². The van der Waals surface area contributed by atoms with Gasteiger partial charge in [0, 0.05) is 18.3 Å². The van der Waals surface area contributed by atoms with E-state index >= 15 is 0 Å². The molecular weight excluding hydrogens is 398 g/mol. The molecule has 0 saturated heterocycles. The third-order valence-corrected chi connectivity index (χ3v) is 6.84. The maximum Gasteiger partial charge on any atom is 0.255 e. The first-order valence-corrected chi connectivity index (χ1v) is 11.0. The number of aryl methyl sites for hydroxylation is 2. The molecule has 0 fully saturated rings. The van der Waals surface area contributed by atoms with Crippen molar-refractivity contribution in [2.75, 3.05) is 5.32 Å². The fourth-order valence-electron chi connectivity index (χ4n) is 3.25. The third kappa shape index (κ3) is 4.75. The molecule has 0 atom stereocenters. The number of sulfonamides is 1. The van der Waals surface area contributed by atoms with Crippen LogP contribution in [-0.4, -0.2) is 19.3 Å². The minimum Gasteiger partial charge on any atom is -0.321 e. The molecule has 0 aliphatic carbocycles. The Morgan fingerprint density at radius 1 is 0.967 bits per heavy atom. The molecule has 7 heteroatoms. The summed E-state index contributed by atoms with van der Waals surface area (Å²) in [7, 11) is -3.67. The van der Waals surface area contributed by atoms with Crippen molar-refractivity contribution in [2.45, 2.75) is 39.1 Å². The van der Waals surface area contributed by atoms with Gasteiger partial charge in [0.1, 0.15) is 0 Å². The van der Waals surface area contributed by atoms with Gasteiger partial charge in [0.15, 0.2) is 0 Å². The summed E-state index contributed by atoms with van der Waals surface area (Å²) in [4.78, 5) is 16.6. The van der Waals surface area contributed by atoms with E-state index in [0.29, 0.717) is 16.1 Å². The van der Waals surface area contributed by atoms with Gasteiger partial charge in [-0.1, -0.05) is 18.2 Å². The first kappa shape index (κ1) is 21.7. The molecule has 1 amide bonds. The van der Waals surface area contributed by atoms with E-state index in [2.05, 4.69) is 15.0 Å². The number of anilines is 1. The quantitative estimate of drug-likeness (QED) is 0.626. The number of pyridine rings is 1. The zero-order valence-electron chi connectivity index (χ0n) is 17.5. The zero-order valence-corrected chi connectivity index (χ0v) is 18.3. The van der Waals surface area contributed by atoms with Crippen molar-refractivity contribution >= 4 is 21.6 Å². The van der Waals surface area contributed by atoms with E-state index in [-0.39, 0.29) is 12.5 Å². The fraction of sp³-hybridized carbons (Fsp3) is 0.217. The van der Waals surface area contributed by atoms with E-state index in [4.69, 9.17) is 0 Å². The second-order valence-electron chi connectivity index (χ2n) is 7.31. The van der Waals surface area contributed by atoms with Crippen LogP contribution in [0.15, 0.2) is 59.8 Å². The van der Waals surface area contributed by atoms with Crippen LogP contribution in [0.2, 0.25) is 0 Å². The van der Waals surface area contributed by atoms with Crippen LogP contribution in [0.25, 0.3) is 0 Å². The number of carbonyl (C=O) groups excluding carboxylic acids is 1. The number of hydrogen-bond donors (Lipinski definition) is 2. The van der Waals surface area contributed by atoms with Gasteiger partial charge in [0.2, 0.25) is 10.0 Å². The van der Waals surface area contributed by atoms with Gasteiger partial charge < -0.3 is 5.32 Å². The summed E-state index contributed by atoms with van der Waals surface area (Å²) >= 11 is 0. The lowest BCUT2D eigenvalue weighted by atomic mass is 10.0. The second kappa shape index (κ2) is 8.77. The number of amides is 1. The van der Waals surface area contributed by atoms with E-state index in [0.717, 1.165) is 27.8 Å². The number of aromatic nitrogens is 1. The monoisotopic (exact) mass is 423 g/mol. The number of nitrogens with one attached hydrogen (secondary N) is 2. The largest absolute Gasteiger partial charge is 0.321 e. The van der Waals surface area contributed by atoms with Crippen molar-refractivity contribution in [3.05, 3.63) is 88.2 Å². The molecule has 1 heterocycles. The number of nitrogens with zero attached hydrogens (tertiary/aromatic N) is 1. The van der Waals surface area contributed by atoms with Gasteiger partial charge in [-0.3, -0.25) is 9.78 Å². The van der Waals surface area contributed by atoms with E-state index in [1.165, 1.54) is 0 Å². The number of benzene rings is 2. The number of hydrogen-bond acceptors (Lipinski definition) is 4. The van der Waals surface area contributed by atoms with Crippen molar-refractivity contribution in [1.29, 1.82) is 0 Å². The third-order valence-electron chi connectivity index (χ3n) is 5.17. The maximum atomic E-state index is 12.9. The Hall–Kier alpha value is -3.03. The van der Waals surface area contributed by atoms with Crippen LogP contribution < -0.4 is 10.0 Å². The van der Waals surface area contributed by atoms with Crippen molar-refractivity contribution in [3.8, 4) is 0 Å². The molecule has 2 aromatic carbocycles. The predicted molar refractivity (Wildman–Crippen MR) is 118 cm³/mol. The lowest BCUT2D eigenvalue weighted by Gasteiger charge is -2.16. The van der Waals surface area contributed by atoms with Crippen LogP contribution in [0.1, 0.15) is 38.2 Å². The summed E-state index contributed by atoms with van der Waals surface area (Å²) in [6, 6.07) is 12.3. The summed E-state index contributed by atoms with van der Waals surface area (Å²) in [6.07, 6.45) is 3.20. The van der Waals surface area contributed by atoms with Gasteiger partial charge >= 0.3 is 0 Å². The summed E-state index contributed by atoms with van der Waals surface area (Å²) in [6.45, 7) is 7.61. The Bertz CT molecular complexity index is 1150. The number of carbonyl (C=O) groups is 1. The standard InChI is InChI=1S/C23H25N3O3S/c1-15-12-16(2)18(4)22(17(15)3)30(28,29)25-13-19-7-9-20(10-8-19)23(27)26-21-6-5-11-24-14-21/h5-12,14,25H,13H2,1-4H3,(H,26,27). The average molecular weight is 424 g/mol. The molecule has 0 saturated carbocycles. The lowest BCUT2D eigenvalue weighted by Crippen LogP contribution is -2.25. The molecule has 0 spiro atoms. The summed E-state index contributed by atoms with van der Waals surface area (Å²) in [5.41, 5.74) is 5.26. The normalized spacial score (nSPS) is 11.3. The van der Waals surface area contributed by atoms with Gasteiger partial charge in [0.25, 0.3) is 5.91 Å². The second-order valence-corrected chi connectivity index (χ2v) is 9.01. The summed E-state index contributed by atoms with van der Waals surface area (Å²) < 4.78 is 28.6. The molecule has 1 aromatic heterocycles. The Kier molecular flexibility index (Phi) is 6.34. The summed E-state index contributed by atoms with van der Waals surface area (Å²) in [5, 5.41) is 2.77. The Morgan fingerprint density at radius 2 is 1.60 bits per heavy atom. The smallest absolute Gasteiger partial charge is 0.255 e. The molecule has 2 N–H and O–H groups in total. The van der Waals surface area contributed by atoms with E-state index in [1.807, 2.05) is 33.8 Å². The van der Waals surface area contributed by atoms with Gasteiger partial charge in [-0.25, -0.2) is 13.1 Å². The molecule has 0 aliphatic heterocycles. The molecule has 3 rings (SSSR count). The predicted octanol–water partition coefficient (Wildman–Crippen LogP) is 4.05. The van der Waals surface area contributed by atoms with Crippen LogP contribution in [0.4, 0.5) is 5.69 Å². The highest BCUT2D eigenvalue weighted by atomic mass is 32.2. The molecule has 30 heavy (non-hydrogen) atoms. The van der Waals surface area contributed by atoms with Crippen LogP contribution in [0.5, 0.6) is 0 Å². The molecule has 0 aliphatic rings. The highest BCUT2D eigenvalue weighted by Gasteiger charge is 2.21. The minimum absolute atomic E-state index is 0.138. The van der Waals surface area contributed by atoms with Gasteiger partial charge in [0.05, 0.1) is 16.8 Å². The average Bonchev–Trinajstić information content (AvgIpc) is 2.72. The first-order valence-electron chi connectivity index (χ1n) is 9.56. The molecule has 0 unspecified atom stereocenters. The summed E-state index contributed by atoms with van der Waals surface area (Å²) in [5.74, 6) is -0.253. The highest BCUT2D eigenvalue weighted by Crippen LogP contribution is 2.26. The Morgan fingerprint density at radius 3 is 2.17 bits per heavy atom. The molecule has 0 radical (unpaired) electrons. The molecule has 156 valence electrons. The lowest BCUT2D eigenvalue weighted by molar-refractivity contribution is 0.102. The van der Waals surface area contributed by atoms with Crippen molar-refractivity contribution in [1.82, 2.24) is 9.71 Å². The van der Waals surface area contributed by atoms with Crippen LogP contribution >= 0.6 is 0 Å². The topological polar surface area (TPSA) is 88.2 Å². The van der Waals surface area contributed by atoms with Crippen LogP contribution in [-0.2, 0) is 16.6 Å². The van der Waals surface area contributed by atoms with E-state index < -0.39 is 10.0 Å². The molecular formula is C23H25N3O3S. The highest BCUT2D eigenvalue weighted by molar-refractivity contribution is 7.89. The Balaban J connectivity index is 1.71. The molecule has 6 nitrogen and oxygen atoms in total. The van der Waals surface area contributed by atoms with Crippen LogP contribution in [0, 0.1) is 27.7 Å².